The predicted molar refractivity (Wildman–Crippen MR) is 154 cm³/mol. The van der Waals surface area contributed by atoms with Crippen molar-refractivity contribution < 1.29 is 14.3 Å². The third-order valence-electron chi connectivity index (χ3n) is 5.92. The van der Waals surface area contributed by atoms with Gasteiger partial charge >= 0.3 is 0 Å². The first-order valence-corrected chi connectivity index (χ1v) is 12.9. The molecule has 38 heavy (non-hydrogen) atoms. The molecular weight excluding hydrogens is 474 g/mol. The summed E-state index contributed by atoms with van der Waals surface area (Å²) in [4.78, 5) is 24.8. The lowest BCUT2D eigenvalue weighted by atomic mass is 10.1. The smallest absolute Gasteiger partial charge is 0.243 e. The van der Waals surface area contributed by atoms with Crippen molar-refractivity contribution in [3.8, 4) is 5.75 Å². The Hall–Kier alpha value is -4.58. The second kappa shape index (κ2) is 14.2. The number of amides is 2. The molecule has 0 aliphatic carbocycles. The van der Waals surface area contributed by atoms with E-state index in [0.29, 0.717) is 30.8 Å². The topological polar surface area (TPSA) is 79.5 Å². The number of carbonyl (C=O) groups excluding carboxylic acids is 2. The Morgan fingerprint density at radius 2 is 1.21 bits per heavy atom. The Balaban J connectivity index is 1.18. The summed E-state index contributed by atoms with van der Waals surface area (Å²) in [5.74, 6) is 0.494. The van der Waals surface area contributed by atoms with Crippen molar-refractivity contribution in [1.29, 1.82) is 0 Å². The molecule has 0 aliphatic rings. The van der Waals surface area contributed by atoms with Crippen LogP contribution in [-0.2, 0) is 22.4 Å². The van der Waals surface area contributed by atoms with Crippen LogP contribution in [0, 0.1) is 0 Å². The Morgan fingerprint density at radius 1 is 0.605 bits per heavy atom. The molecule has 0 saturated heterocycles. The van der Waals surface area contributed by atoms with E-state index in [-0.39, 0.29) is 18.4 Å². The van der Waals surface area contributed by atoms with Gasteiger partial charge in [-0.15, -0.1) is 0 Å². The van der Waals surface area contributed by atoms with Crippen LogP contribution in [0.3, 0.4) is 0 Å². The van der Waals surface area contributed by atoms with Crippen LogP contribution in [0.25, 0.3) is 0 Å². The van der Waals surface area contributed by atoms with Gasteiger partial charge in [0.05, 0.1) is 13.2 Å². The fourth-order valence-electron chi connectivity index (χ4n) is 4.00. The van der Waals surface area contributed by atoms with Crippen molar-refractivity contribution in [2.45, 2.75) is 25.7 Å². The summed E-state index contributed by atoms with van der Waals surface area (Å²) in [6.45, 7) is 0.695. The number of benzene rings is 4. The molecule has 0 bridgehead atoms. The van der Waals surface area contributed by atoms with E-state index in [9.17, 15) is 9.59 Å². The van der Waals surface area contributed by atoms with Crippen molar-refractivity contribution in [3.63, 3.8) is 0 Å². The van der Waals surface area contributed by atoms with Crippen LogP contribution in [0.4, 0.5) is 17.1 Å². The molecule has 0 aliphatic heterocycles. The third kappa shape index (κ3) is 9.13. The first-order valence-electron chi connectivity index (χ1n) is 12.9. The number of nitrogens with one attached hydrogen (secondary N) is 3. The molecule has 0 atom stereocenters. The monoisotopic (exact) mass is 507 g/mol. The highest BCUT2D eigenvalue weighted by Crippen LogP contribution is 2.19. The van der Waals surface area contributed by atoms with E-state index < -0.39 is 0 Å². The van der Waals surface area contributed by atoms with Crippen molar-refractivity contribution in [1.82, 2.24) is 0 Å². The van der Waals surface area contributed by atoms with Crippen LogP contribution in [0.15, 0.2) is 109 Å². The van der Waals surface area contributed by atoms with Crippen molar-refractivity contribution in [2.75, 3.05) is 29.1 Å². The summed E-state index contributed by atoms with van der Waals surface area (Å²) in [5.41, 5.74) is 4.53. The van der Waals surface area contributed by atoms with Gasteiger partial charge in [0.1, 0.15) is 5.75 Å². The number of anilines is 3. The molecule has 194 valence electrons. The van der Waals surface area contributed by atoms with E-state index in [1.165, 1.54) is 5.56 Å². The highest BCUT2D eigenvalue weighted by atomic mass is 16.5. The number of hydrogen-bond donors (Lipinski definition) is 3. The molecule has 0 aromatic heterocycles. The molecule has 3 N–H and O–H groups in total. The summed E-state index contributed by atoms with van der Waals surface area (Å²) >= 11 is 0. The second-order valence-electron chi connectivity index (χ2n) is 8.98. The maximum absolute atomic E-state index is 12.5. The van der Waals surface area contributed by atoms with Gasteiger partial charge in [0.25, 0.3) is 0 Å². The summed E-state index contributed by atoms with van der Waals surface area (Å²) in [6, 6.07) is 35.0. The molecule has 0 unspecified atom stereocenters. The minimum absolute atomic E-state index is 0.0501. The van der Waals surface area contributed by atoms with Crippen molar-refractivity contribution >= 4 is 28.9 Å². The number of ether oxygens (including phenoxy) is 1. The van der Waals surface area contributed by atoms with Gasteiger partial charge in [-0.05, 0) is 60.7 Å². The predicted octanol–water partition coefficient (Wildman–Crippen LogP) is 6.32. The fourth-order valence-corrected chi connectivity index (χ4v) is 4.00. The number of aryl methyl sites for hydroxylation is 2. The maximum Gasteiger partial charge on any atom is 0.243 e. The van der Waals surface area contributed by atoms with E-state index in [1.54, 1.807) is 0 Å². The molecule has 0 radical (unpaired) electrons. The molecule has 4 rings (SSSR count). The molecule has 0 spiro atoms. The fraction of sp³-hybridized carbons (Fsp3) is 0.188. The van der Waals surface area contributed by atoms with Gasteiger partial charge in [0, 0.05) is 29.5 Å². The van der Waals surface area contributed by atoms with Crippen molar-refractivity contribution in [2.24, 2.45) is 0 Å². The van der Waals surface area contributed by atoms with Crippen LogP contribution in [0.2, 0.25) is 0 Å². The Kier molecular flexibility index (Phi) is 9.92. The number of carbonyl (C=O) groups is 2. The van der Waals surface area contributed by atoms with Gasteiger partial charge in [-0.1, -0.05) is 72.8 Å². The Bertz CT molecular complexity index is 1310. The molecule has 0 fully saturated rings. The molecule has 4 aromatic rings. The number of rotatable bonds is 13. The standard InChI is InChI=1S/C32H33N3O3/c36-31(20-19-26-12-5-2-6-13-26)34-28-16-7-15-27(22-28)33-24-32(37)35-29-17-8-18-30(23-29)38-21-9-14-25-10-3-1-4-11-25/h1-8,10-13,15-18,22-23,33H,9,14,19-21,24H2,(H,34,36)(H,35,37). The molecular formula is C32H33N3O3. The first kappa shape index (κ1) is 26.5. The highest BCUT2D eigenvalue weighted by molar-refractivity contribution is 5.94. The highest BCUT2D eigenvalue weighted by Gasteiger charge is 2.07. The van der Waals surface area contributed by atoms with Gasteiger partial charge in [-0.2, -0.15) is 0 Å². The zero-order valence-electron chi connectivity index (χ0n) is 21.4. The lowest BCUT2D eigenvalue weighted by Crippen LogP contribution is -2.21. The average molecular weight is 508 g/mol. The zero-order valence-corrected chi connectivity index (χ0v) is 21.4. The van der Waals surface area contributed by atoms with Crippen LogP contribution < -0.4 is 20.7 Å². The molecule has 6 nitrogen and oxygen atoms in total. The third-order valence-corrected chi connectivity index (χ3v) is 5.92. The van der Waals surface area contributed by atoms with E-state index in [2.05, 4.69) is 28.1 Å². The Labute approximate surface area is 224 Å². The van der Waals surface area contributed by atoms with Gasteiger partial charge < -0.3 is 20.7 Å². The second-order valence-corrected chi connectivity index (χ2v) is 8.98. The quantitative estimate of drug-likeness (QED) is 0.185. The normalized spacial score (nSPS) is 10.4. The molecule has 2 amide bonds. The van der Waals surface area contributed by atoms with Crippen LogP contribution in [-0.4, -0.2) is 25.0 Å². The molecule has 6 heteroatoms. The average Bonchev–Trinajstić information content (AvgIpc) is 2.95. The maximum atomic E-state index is 12.5. The van der Waals surface area contributed by atoms with Crippen LogP contribution in [0.5, 0.6) is 5.75 Å². The first-order chi connectivity index (χ1) is 18.6. The molecule has 0 heterocycles. The van der Waals surface area contributed by atoms with Gasteiger partial charge in [-0.25, -0.2) is 0 Å². The summed E-state index contributed by atoms with van der Waals surface area (Å²) < 4.78 is 5.87. The van der Waals surface area contributed by atoms with Gasteiger partial charge in [0.2, 0.25) is 11.8 Å². The Morgan fingerprint density at radius 3 is 1.95 bits per heavy atom. The minimum atomic E-state index is -0.177. The summed E-state index contributed by atoms with van der Waals surface area (Å²) in [6.07, 6.45) is 2.96. The van der Waals surface area contributed by atoms with Gasteiger partial charge in [-0.3, -0.25) is 9.59 Å². The molecule has 4 aromatic carbocycles. The van der Waals surface area contributed by atoms with Crippen LogP contribution >= 0.6 is 0 Å². The lowest BCUT2D eigenvalue weighted by molar-refractivity contribution is -0.116. The van der Waals surface area contributed by atoms with E-state index in [1.807, 2.05) is 97.1 Å². The molecule has 0 saturated carbocycles. The van der Waals surface area contributed by atoms with E-state index >= 15 is 0 Å². The number of hydrogen-bond acceptors (Lipinski definition) is 4. The minimum Gasteiger partial charge on any atom is -0.494 e. The van der Waals surface area contributed by atoms with Gasteiger partial charge in [0.15, 0.2) is 0 Å². The SMILES string of the molecule is O=C(CCc1ccccc1)Nc1cccc(NCC(=O)Nc2cccc(OCCCc3ccccc3)c2)c1. The van der Waals surface area contributed by atoms with E-state index in [0.717, 1.165) is 29.8 Å². The summed E-state index contributed by atoms with van der Waals surface area (Å²) in [7, 11) is 0. The van der Waals surface area contributed by atoms with E-state index in [4.69, 9.17) is 4.74 Å². The van der Waals surface area contributed by atoms with Crippen molar-refractivity contribution in [3.05, 3.63) is 120 Å². The largest absolute Gasteiger partial charge is 0.494 e. The lowest BCUT2D eigenvalue weighted by Gasteiger charge is -2.11. The zero-order chi connectivity index (χ0) is 26.4. The summed E-state index contributed by atoms with van der Waals surface area (Å²) in [5, 5.41) is 8.93. The van der Waals surface area contributed by atoms with Crippen LogP contribution in [0.1, 0.15) is 24.0 Å².